The Morgan fingerprint density at radius 3 is 2.73 bits per heavy atom. The predicted molar refractivity (Wildman–Crippen MR) is 96.2 cm³/mol. The van der Waals surface area contributed by atoms with Gasteiger partial charge in [0.2, 0.25) is 5.88 Å². The third-order valence-electron chi connectivity index (χ3n) is 4.42. The van der Waals surface area contributed by atoms with Gasteiger partial charge in [0.15, 0.2) is 4.77 Å². The lowest BCUT2D eigenvalue weighted by Crippen LogP contribution is -2.21. The lowest BCUT2D eigenvalue weighted by molar-refractivity contribution is 0.0892. The van der Waals surface area contributed by atoms with Crippen LogP contribution in [0.25, 0.3) is 5.69 Å². The second kappa shape index (κ2) is 6.08. The summed E-state index contributed by atoms with van der Waals surface area (Å²) in [6, 6.07) is 8.94. The van der Waals surface area contributed by atoms with E-state index in [-0.39, 0.29) is 28.6 Å². The number of hydrogen-bond donors (Lipinski definition) is 3. The number of aryl methyl sites for hydroxylation is 1. The molecule has 0 saturated carbocycles. The van der Waals surface area contributed by atoms with Crippen molar-refractivity contribution < 1.29 is 14.9 Å². The Bertz CT molecular complexity index is 1120. The minimum absolute atomic E-state index is 0.0119. The molecular weight excluding hydrogens is 354 g/mol. The number of aromatic hydroxyl groups is 2. The molecular formula is C18H15N3O4S. The molecule has 7 nitrogen and oxygen atoms in total. The van der Waals surface area contributed by atoms with E-state index in [0.29, 0.717) is 22.5 Å². The normalized spacial score (nSPS) is 15.8. The van der Waals surface area contributed by atoms with Crippen LogP contribution >= 0.6 is 12.2 Å². The lowest BCUT2D eigenvalue weighted by Gasteiger charge is -2.17. The Balaban J connectivity index is 1.98. The fraction of sp³-hybridized carbons (Fsp3) is 0.167. The van der Waals surface area contributed by atoms with E-state index in [4.69, 9.17) is 17.0 Å². The third-order valence-corrected chi connectivity index (χ3v) is 4.71. The SMILES string of the molecule is Cc1ncc2c(c1O)[C@@H](c1c(O)n(-c3ccccc3)c(=S)[nH]c1=O)OC2. The Kier molecular flexibility index (Phi) is 3.86. The second-order valence-electron chi connectivity index (χ2n) is 5.99. The van der Waals surface area contributed by atoms with Crippen molar-refractivity contribution in [3.05, 3.63) is 74.0 Å². The highest BCUT2D eigenvalue weighted by Crippen LogP contribution is 2.43. The van der Waals surface area contributed by atoms with E-state index in [1.165, 1.54) is 4.57 Å². The van der Waals surface area contributed by atoms with Crippen LogP contribution in [0.2, 0.25) is 0 Å². The monoisotopic (exact) mass is 369 g/mol. The number of hydrogen-bond acceptors (Lipinski definition) is 6. The first kappa shape index (κ1) is 16.5. The standard InChI is InChI=1S/C18H15N3O4S/c1-9-14(22)12-10(7-19-9)8-25-15(12)13-16(23)20-18(26)21(17(13)24)11-5-3-2-4-6-11/h2-7,15,22,24H,8H2,1H3,(H,20,23,26)/t15-/m0/s1. The zero-order valence-electron chi connectivity index (χ0n) is 13.8. The van der Waals surface area contributed by atoms with Crippen LogP contribution in [-0.2, 0) is 11.3 Å². The Labute approximate surface area is 153 Å². The predicted octanol–water partition coefficient (Wildman–Crippen LogP) is 2.63. The average Bonchev–Trinajstić information content (AvgIpc) is 3.03. The summed E-state index contributed by atoms with van der Waals surface area (Å²) in [5.41, 5.74) is 1.56. The van der Waals surface area contributed by atoms with Crippen molar-refractivity contribution in [3.8, 4) is 17.3 Å². The van der Waals surface area contributed by atoms with E-state index >= 15 is 0 Å². The average molecular weight is 369 g/mol. The molecule has 0 spiro atoms. The highest BCUT2D eigenvalue weighted by molar-refractivity contribution is 7.71. The van der Waals surface area contributed by atoms with Crippen molar-refractivity contribution in [1.29, 1.82) is 0 Å². The van der Waals surface area contributed by atoms with Gasteiger partial charge < -0.3 is 14.9 Å². The number of rotatable bonds is 2. The number of benzene rings is 1. The number of pyridine rings is 1. The minimum Gasteiger partial charge on any atom is -0.506 e. The molecule has 1 aliphatic rings. The maximum Gasteiger partial charge on any atom is 0.261 e. The number of nitrogens with one attached hydrogen (secondary N) is 1. The number of fused-ring (bicyclic) bond motifs is 1. The summed E-state index contributed by atoms with van der Waals surface area (Å²) >= 11 is 5.21. The van der Waals surface area contributed by atoms with Crippen LogP contribution in [0, 0.1) is 11.7 Å². The molecule has 0 bridgehead atoms. The maximum atomic E-state index is 12.6. The van der Waals surface area contributed by atoms with Gasteiger partial charge in [0.1, 0.15) is 17.4 Å². The molecule has 3 N–H and O–H groups in total. The molecule has 2 aromatic heterocycles. The largest absolute Gasteiger partial charge is 0.506 e. The molecule has 0 saturated heterocycles. The molecule has 1 aromatic carbocycles. The summed E-state index contributed by atoms with van der Waals surface area (Å²) < 4.78 is 7.14. The summed E-state index contributed by atoms with van der Waals surface area (Å²) in [6.07, 6.45) is 0.684. The molecule has 26 heavy (non-hydrogen) atoms. The zero-order valence-corrected chi connectivity index (χ0v) is 14.6. The number of aromatic amines is 1. The maximum absolute atomic E-state index is 12.6. The molecule has 0 unspecified atom stereocenters. The van der Waals surface area contributed by atoms with Gasteiger partial charge in [-0.15, -0.1) is 0 Å². The number of nitrogens with zero attached hydrogens (tertiary/aromatic N) is 2. The van der Waals surface area contributed by atoms with Crippen LogP contribution in [0.5, 0.6) is 11.6 Å². The first-order chi connectivity index (χ1) is 12.5. The molecule has 1 aliphatic heterocycles. The van der Waals surface area contributed by atoms with Gasteiger partial charge in [-0.1, -0.05) is 18.2 Å². The van der Waals surface area contributed by atoms with Crippen molar-refractivity contribution in [2.24, 2.45) is 0 Å². The van der Waals surface area contributed by atoms with E-state index in [0.717, 1.165) is 0 Å². The highest BCUT2D eigenvalue weighted by Gasteiger charge is 2.34. The molecule has 0 amide bonds. The molecule has 4 rings (SSSR count). The van der Waals surface area contributed by atoms with Crippen molar-refractivity contribution in [1.82, 2.24) is 14.5 Å². The van der Waals surface area contributed by atoms with Gasteiger partial charge in [-0.05, 0) is 31.3 Å². The van der Waals surface area contributed by atoms with E-state index < -0.39 is 11.7 Å². The smallest absolute Gasteiger partial charge is 0.261 e. The van der Waals surface area contributed by atoms with Crippen LogP contribution in [0.4, 0.5) is 0 Å². The van der Waals surface area contributed by atoms with Crippen LogP contribution in [0.3, 0.4) is 0 Å². The Morgan fingerprint density at radius 2 is 2.00 bits per heavy atom. The van der Waals surface area contributed by atoms with Crippen LogP contribution in [0.15, 0.2) is 41.3 Å². The molecule has 3 aromatic rings. The summed E-state index contributed by atoms with van der Waals surface area (Å²) in [7, 11) is 0. The van der Waals surface area contributed by atoms with Gasteiger partial charge >= 0.3 is 0 Å². The van der Waals surface area contributed by atoms with Crippen molar-refractivity contribution in [2.45, 2.75) is 19.6 Å². The summed E-state index contributed by atoms with van der Waals surface area (Å²) in [4.78, 5) is 19.2. The third kappa shape index (κ3) is 2.42. The number of ether oxygens (including phenoxy) is 1. The van der Waals surface area contributed by atoms with Crippen LogP contribution < -0.4 is 5.56 Å². The highest BCUT2D eigenvalue weighted by atomic mass is 32.1. The fourth-order valence-corrected chi connectivity index (χ4v) is 3.42. The number of H-pyrrole nitrogens is 1. The zero-order chi connectivity index (χ0) is 18.4. The first-order valence-corrected chi connectivity index (χ1v) is 8.32. The fourth-order valence-electron chi connectivity index (χ4n) is 3.14. The molecule has 0 fully saturated rings. The van der Waals surface area contributed by atoms with Crippen molar-refractivity contribution in [3.63, 3.8) is 0 Å². The quantitative estimate of drug-likeness (QED) is 0.601. The topological polar surface area (TPSA) is 100 Å². The van der Waals surface area contributed by atoms with E-state index in [2.05, 4.69) is 9.97 Å². The van der Waals surface area contributed by atoms with Gasteiger partial charge in [-0.25, -0.2) is 0 Å². The van der Waals surface area contributed by atoms with Crippen LogP contribution in [0.1, 0.15) is 28.5 Å². The summed E-state index contributed by atoms with van der Waals surface area (Å²) in [5.74, 6) is -0.367. The van der Waals surface area contributed by atoms with Gasteiger partial charge in [0.05, 0.1) is 18.0 Å². The van der Waals surface area contributed by atoms with Gasteiger partial charge in [0, 0.05) is 17.3 Å². The minimum atomic E-state index is -0.916. The van der Waals surface area contributed by atoms with Crippen molar-refractivity contribution >= 4 is 12.2 Å². The van der Waals surface area contributed by atoms with Gasteiger partial charge in [0.25, 0.3) is 5.56 Å². The molecule has 0 aliphatic carbocycles. The Morgan fingerprint density at radius 1 is 1.27 bits per heavy atom. The van der Waals surface area contributed by atoms with E-state index in [1.807, 2.05) is 6.07 Å². The van der Waals surface area contributed by atoms with E-state index in [1.54, 1.807) is 37.4 Å². The number of aromatic nitrogens is 3. The van der Waals surface area contributed by atoms with Crippen molar-refractivity contribution in [2.75, 3.05) is 0 Å². The molecule has 3 heterocycles. The van der Waals surface area contributed by atoms with Gasteiger partial charge in [-0.2, -0.15) is 0 Å². The lowest BCUT2D eigenvalue weighted by atomic mass is 10.00. The van der Waals surface area contributed by atoms with Crippen LogP contribution in [-0.4, -0.2) is 24.7 Å². The van der Waals surface area contributed by atoms with Gasteiger partial charge in [-0.3, -0.25) is 19.3 Å². The molecule has 0 radical (unpaired) electrons. The second-order valence-corrected chi connectivity index (χ2v) is 6.38. The molecule has 1 atom stereocenters. The molecule has 8 heteroatoms. The van der Waals surface area contributed by atoms with E-state index in [9.17, 15) is 15.0 Å². The summed E-state index contributed by atoms with van der Waals surface area (Å²) in [6.45, 7) is 1.84. The summed E-state index contributed by atoms with van der Waals surface area (Å²) in [5, 5.41) is 21.3. The Hall–Kier alpha value is -2.97. The molecule has 132 valence electrons. The number of para-hydroxylation sites is 1. The first-order valence-electron chi connectivity index (χ1n) is 7.91.